The zero-order valence-electron chi connectivity index (χ0n) is 29.1. The Kier molecular flexibility index (Phi) is 21.4. The Labute approximate surface area is 289 Å². The third kappa shape index (κ3) is 16.8. The van der Waals surface area contributed by atoms with Crippen LogP contribution in [-0.4, -0.2) is 83.7 Å². The van der Waals surface area contributed by atoms with Crippen LogP contribution in [0.5, 0.6) is 0 Å². The molecule has 0 radical (unpaired) electrons. The highest BCUT2D eigenvalue weighted by Gasteiger charge is 2.38. The van der Waals surface area contributed by atoms with Crippen LogP contribution in [0.4, 0.5) is 0 Å². The van der Waals surface area contributed by atoms with E-state index in [1.165, 1.54) is 0 Å². The van der Waals surface area contributed by atoms with Gasteiger partial charge in [0, 0.05) is 36.4 Å². The fourth-order valence-electron chi connectivity index (χ4n) is 5.65. The number of rotatable bonds is 23. The highest BCUT2D eigenvalue weighted by Crippen LogP contribution is 2.49. The molecule has 0 aromatic rings. The van der Waals surface area contributed by atoms with Crippen LogP contribution in [0.2, 0.25) is 0 Å². The maximum atomic E-state index is 13.9. The van der Waals surface area contributed by atoms with Gasteiger partial charge in [-0.25, -0.2) is 4.67 Å². The van der Waals surface area contributed by atoms with Gasteiger partial charge in [-0.05, 0) is 79.1 Å². The van der Waals surface area contributed by atoms with E-state index in [2.05, 4.69) is 77.5 Å². The highest BCUT2D eigenvalue weighted by molar-refractivity contribution is 7.44. The van der Waals surface area contributed by atoms with E-state index in [4.69, 9.17) is 33.6 Å². The Morgan fingerprint density at radius 2 is 1.46 bits per heavy atom. The summed E-state index contributed by atoms with van der Waals surface area (Å²) in [6.07, 6.45) is 18.6. The summed E-state index contributed by atoms with van der Waals surface area (Å²) in [7, 11) is -1.40. The fraction of sp³-hybridized carbons (Fsp3) is 0.714. The summed E-state index contributed by atoms with van der Waals surface area (Å²) in [6.45, 7) is 8.93. The first-order valence-corrected chi connectivity index (χ1v) is 17.9. The molecule has 1 aliphatic carbocycles. The third-order valence-corrected chi connectivity index (χ3v) is 10.3. The van der Waals surface area contributed by atoms with Gasteiger partial charge < -0.3 is 30.1 Å². The predicted molar refractivity (Wildman–Crippen MR) is 187 cm³/mol. The lowest BCUT2D eigenvalue weighted by molar-refractivity contribution is -0.130. The van der Waals surface area contributed by atoms with E-state index in [-0.39, 0.29) is 113 Å². The number of carbonyl (C=O) groups excluding carboxylic acids is 3. The Morgan fingerprint density at radius 3 is 1.94 bits per heavy atom. The largest absolute Gasteiger partial charge is 0.379 e. The molecule has 0 saturated heterocycles. The number of terminal acetylenes is 3. The van der Waals surface area contributed by atoms with E-state index in [9.17, 15) is 19.5 Å². The Bertz CT molecular complexity index is 1120. The molecule has 0 heterocycles. The van der Waals surface area contributed by atoms with Crippen LogP contribution in [0.3, 0.4) is 0 Å². The molecule has 0 spiro atoms. The first-order chi connectivity index (χ1) is 22.9. The molecule has 0 bridgehead atoms. The van der Waals surface area contributed by atoms with Gasteiger partial charge in [0.2, 0.25) is 17.7 Å². The average molecular weight is 687 g/mol. The van der Waals surface area contributed by atoms with E-state index in [1.54, 1.807) is 0 Å². The number of nitrogens with one attached hydrogen (secondary N) is 4. The van der Waals surface area contributed by atoms with Gasteiger partial charge in [-0.2, -0.15) is 5.26 Å². The third-order valence-electron chi connectivity index (χ3n) is 8.11. The van der Waals surface area contributed by atoms with Crippen LogP contribution < -0.4 is 21.3 Å². The molecule has 0 aromatic heterocycles. The highest BCUT2D eigenvalue weighted by atomic mass is 31.2. The number of aliphatic hydroxyl groups is 1. The molecule has 1 rings (SSSR count). The summed E-state index contributed by atoms with van der Waals surface area (Å²) in [5.41, 5.74) is -0.984. The van der Waals surface area contributed by atoms with Gasteiger partial charge in [-0.15, -0.1) is 19.3 Å². The summed E-state index contributed by atoms with van der Waals surface area (Å²) < 4.78 is 14.8. The van der Waals surface area contributed by atoms with Crippen LogP contribution in [0.15, 0.2) is 0 Å². The smallest absolute Gasteiger partial charge is 0.259 e. The SMILES string of the molecule is C#CCNC(=O)CCC(CCC(=O)NCC#C)(CCC(O)NCC#C)NC(=O)[C@H]1CC[C@@H](OP(OCCC#N)N(C(C)C)C(C)C)CC1. The molecule has 2 atom stereocenters. The van der Waals surface area contributed by atoms with Crippen molar-refractivity contribution in [1.29, 1.82) is 5.26 Å². The Balaban J connectivity index is 3.13. The molecule has 12 nitrogen and oxygen atoms in total. The Hall–Kier alpha value is -3.19. The molecule has 0 aromatic carbocycles. The maximum absolute atomic E-state index is 13.9. The van der Waals surface area contributed by atoms with Crippen LogP contribution in [0, 0.1) is 54.3 Å². The molecular weight excluding hydrogens is 631 g/mol. The van der Waals surface area contributed by atoms with Crippen molar-refractivity contribution in [3.8, 4) is 43.1 Å². The lowest BCUT2D eigenvalue weighted by atomic mass is 9.81. The number of nitrogens with zero attached hydrogens (tertiary/aromatic N) is 2. The Morgan fingerprint density at radius 1 is 0.917 bits per heavy atom. The molecule has 48 heavy (non-hydrogen) atoms. The first kappa shape index (κ1) is 42.8. The minimum atomic E-state index is -1.40. The second-order valence-electron chi connectivity index (χ2n) is 12.5. The number of carbonyl (C=O) groups is 3. The topological polar surface area (TPSA) is 165 Å². The second kappa shape index (κ2) is 24.0. The van der Waals surface area contributed by atoms with E-state index in [0.717, 1.165) is 0 Å². The van der Waals surface area contributed by atoms with Crippen molar-refractivity contribution >= 4 is 26.2 Å². The molecular formula is C35H55N6O6P. The number of aliphatic hydroxyl groups excluding tert-OH is 1. The fourth-order valence-corrected chi connectivity index (χ4v) is 7.42. The molecule has 3 amide bonds. The van der Waals surface area contributed by atoms with Crippen LogP contribution in [-0.2, 0) is 23.4 Å². The van der Waals surface area contributed by atoms with Gasteiger partial charge in [0.1, 0.15) is 6.23 Å². The summed E-state index contributed by atoms with van der Waals surface area (Å²) >= 11 is 0. The van der Waals surface area contributed by atoms with Crippen molar-refractivity contribution in [2.75, 3.05) is 26.2 Å². The van der Waals surface area contributed by atoms with Crippen molar-refractivity contribution in [1.82, 2.24) is 25.9 Å². The van der Waals surface area contributed by atoms with Crippen molar-refractivity contribution in [3.05, 3.63) is 0 Å². The standard InChI is InChI=1S/C35H55N6O6P/c1-8-23-37-31(42)16-19-35(20-17-32(43)38-24-9-2,21-18-33(44)39-25-10-3)40-34(45)29-12-14-30(15-13-29)47-48(46-26-11-22-36)41(27(4)5)28(6)7/h1-3,27-31,37,42H,11-21,23-26H2,4-7H3,(H,38,43)(H,39,44)(H,40,45)/t29-,30+,31?,48?. The quantitative estimate of drug-likeness (QED) is 0.0470. The van der Waals surface area contributed by atoms with Gasteiger partial charge in [0.15, 0.2) is 0 Å². The van der Waals surface area contributed by atoms with E-state index in [1.807, 2.05) is 0 Å². The normalized spacial score (nSPS) is 17.4. The van der Waals surface area contributed by atoms with Crippen LogP contribution >= 0.6 is 8.53 Å². The number of nitriles is 1. The van der Waals surface area contributed by atoms with Crippen LogP contribution in [0.1, 0.15) is 98.3 Å². The van der Waals surface area contributed by atoms with Crippen molar-refractivity contribution in [3.63, 3.8) is 0 Å². The number of hydrogen-bond donors (Lipinski definition) is 5. The summed E-state index contributed by atoms with van der Waals surface area (Å²) in [6, 6.07) is 2.47. The van der Waals surface area contributed by atoms with Crippen molar-refractivity contribution in [2.24, 2.45) is 5.92 Å². The van der Waals surface area contributed by atoms with Gasteiger partial charge in [-0.3, -0.25) is 19.7 Å². The molecule has 1 fully saturated rings. The van der Waals surface area contributed by atoms with E-state index < -0.39 is 20.3 Å². The predicted octanol–water partition coefficient (Wildman–Crippen LogP) is 3.07. The lowest BCUT2D eigenvalue weighted by Crippen LogP contribution is -2.53. The van der Waals surface area contributed by atoms with Crippen molar-refractivity contribution in [2.45, 2.75) is 128 Å². The molecule has 1 aliphatic rings. The minimum absolute atomic E-state index is 0.0555. The summed E-state index contributed by atoms with van der Waals surface area (Å²) in [5, 5.41) is 30.9. The van der Waals surface area contributed by atoms with Gasteiger partial charge >= 0.3 is 0 Å². The zero-order valence-corrected chi connectivity index (χ0v) is 29.9. The summed E-state index contributed by atoms with van der Waals surface area (Å²) in [5.74, 6) is 6.13. The maximum Gasteiger partial charge on any atom is 0.259 e. The van der Waals surface area contributed by atoms with Crippen molar-refractivity contribution < 1.29 is 28.5 Å². The van der Waals surface area contributed by atoms with Gasteiger partial charge in [0.25, 0.3) is 8.53 Å². The first-order valence-electron chi connectivity index (χ1n) is 16.7. The van der Waals surface area contributed by atoms with E-state index in [0.29, 0.717) is 25.7 Å². The zero-order chi connectivity index (χ0) is 36.0. The monoisotopic (exact) mass is 686 g/mol. The molecule has 266 valence electrons. The average Bonchev–Trinajstić information content (AvgIpc) is 3.05. The van der Waals surface area contributed by atoms with Crippen LogP contribution in [0.25, 0.3) is 0 Å². The molecule has 2 unspecified atom stereocenters. The molecule has 13 heteroatoms. The van der Waals surface area contributed by atoms with E-state index >= 15 is 0 Å². The molecule has 0 aliphatic heterocycles. The lowest BCUT2D eigenvalue weighted by Gasteiger charge is -2.40. The minimum Gasteiger partial charge on any atom is -0.379 e. The molecule has 1 saturated carbocycles. The molecule has 5 N–H and O–H groups in total. The number of amides is 3. The van der Waals surface area contributed by atoms with Gasteiger partial charge in [0.05, 0.1) is 44.8 Å². The van der Waals surface area contributed by atoms with Gasteiger partial charge in [-0.1, -0.05) is 17.8 Å². The second-order valence-corrected chi connectivity index (χ2v) is 13.9. The summed E-state index contributed by atoms with van der Waals surface area (Å²) in [4.78, 5) is 39.1. The number of hydrogen-bond acceptors (Lipinski definition) is 9.